The second-order valence-corrected chi connectivity index (χ2v) is 4.26. The van der Waals surface area contributed by atoms with Crippen molar-refractivity contribution in [1.82, 2.24) is 15.5 Å². The first kappa shape index (κ1) is 11.5. The Hall–Kier alpha value is -0.940. The van der Waals surface area contributed by atoms with Crippen LogP contribution in [0.3, 0.4) is 0 Å². The van der Waals surface area contributed by atoms with E-state index in [9.17, 15) is 0 Å². The van der Waals surface area contributed by atoms with Gasteiger partial charge >= 0.3 is 0 Å². The first-order chi connectivity index (χ1) is 7.75. The van der Waals surface area contributed by atoms with Crippen molar-refractivity contribution in [3.8, 4) is 0 Å². The molecule has 0 amide bonds. The zero-order valence-electron chi connectivity index (χ0n) is 9.90. The van der Waals surface area contributed by atoms with Gasteiger partial charge in [0.05, 0.1) is 6.10 Å². The van der Waals surface area contributed by atoms with Crippen molar-refractivity contribution in [1.29, 1.82) is 0 Å². The average Bonchev–Trinajstić information content (AvgIpc) is 2.83. The standard InChI is InChI=1S/C11H19N3O2/c1-8-10(5-7-15-8)12-6-3-4-11-13-9(2)14-16-11/h8,10,12H,3-7H2,1-2H3. The molecule has 5 nitrogen and oxygen atoms in total. The summed E-state index contributed by atoms with van der Waals surface area (Å²) in [6.45, 7) is 5.80. The van der Waals surface area contributed by atoms with Crippen LogP contribution in [0.2, 0.25) is 0 Å². The molecular formula is C11H19N3O2. The Kier molecular flexibility index (Phi) is 3.90. The first-order valence-corrected chi connectivity index (χ1v) is 5.90. The van der Waals surface area contributed by atoms with Crippen molar-refractivity contribution in [2.45, 2.75) is 45.3 Å². The maximum atomic E-state index is 5.48. The Morgan fingerprint density at radius 2 is 2.38 bits per heavy atom. The summed E-state index contributed by atoms with van der Waals surface area (Å²) in [5, 5.41) is 7.25. The molecule has 0 bridgehead atoms. The van der Waals surface area contributed by atoms with Crippen molar-refractivity contribution in [2.75, 3.05) is 13.2 Å². The van der Waals surface area contributed by atoms with Gasteiger partial charge in [0, 0.05) is 19.1 Å². The van der Waals surface area contributed by atoms with Gasteiger partial charge in [0.25, 0.3) is 0 Å². The molecule has 5 heteroatoms. The number of hydrogen-bond acceptors (Lipinski definition) is 5. The van der Waals surface area contributed by atoms with Crippen LogP contribution in [0.1, 0.15) is 31.5 Å². The van der Waals surface area contributed by atoms with Gasteiger partial charge in [-0.3, -0.25) is 0 Å². The highest BCUT2D eigenvalue weighted by Gasteiger charge is 2.22. The van der Waals surface area contributed by atoms with E-state index in [1.807, 2.05) is 6.92 Å². The molecule has 2 unspecified atom stereocenters. The first-order valence-electron chi connectivity index (χ1n) is 5.90. The molecule has 1 N–H and O–H groups in total. The molecule has 2 atom stereocenters. The Bertz CT molecular complexity index is 327. The van der Waals surface area contributed by atoms with Crippen molar-refractivity contribution >= 4 is 0 Å². The van der Waals surface area contributed by atoms with Crippen LogP contribution in [0.25, 0.3) is 0 Å². The van der Waals surface area contributed by atoms with Crippen LogP contribution in [0.4, 0.5) is 0 Å². The molecule has 16 heavy (non-hydrogen) atoms. The summed E-state index contributed by atoms with van der Waals surface area (Å²) in [4.78, 5) is 4.16. The number of nitrogens with one attached hydrogen (secondary N) is 1. The van der Waals surface area contributed by atoms with Gasteiger partial charge in [0.2, 0.25) is 5.89 Å². The Morgan fingerprint density at radius 3 is 3.00 bits per heavy atom. The Morgan fingerprint density at radius 1 is 1.50 bits per heavy atom. The van der Waals surface area contributed by atoms with Crippen LogP contribution in [-0.2, 0) is 11.2 Å². The van der Waals surface area contributed by atoms with Crippen molar-refractivity contribution in [3.63, 3.8) is 0 Å². The summed E-state index contributed by atoms with van der Waals surface area (Å²) < 4.78 is 10.5. The van der Waals surface area contributed by atoms with E-state index in [2.05, 4.69) is 22.4 Å². The molecule has 2 rings (SSSR count). The lowest BCUT2D eigenvalue weighted by molar-refractivity contribution is 0.113. The monoisotopic (exact) mass is 225 g/mol. The molecule has 1 aliphatic heterocycles. The fourth-order valence-corrected chi connectivity index (χ4v) is 1.97. The number of aryl methyl sites for hydroxylation is 2. The minimum absolute atomic E-state index is 0.339. The van der Waals surface area contributed by atoms with E-state index >= 15 is 0 Å². The molecule has 1 aromatic heterocycles. The maximum absolute atomic E-state index is 5.48. The summed E-state index contributed by atoms with van der Waals surface area (Å²) >= 11 is 0. The van der Waals surface area contributed by atoms with Crippen LogP contribution in [0.5, 0.6) is 0 Å². The number of ether oxygens (including phenoxy) is 1. The number of hydrogen-bond donors (Lipinski definition) is 1. The highest BCUT2D eigenvalue weighted by atomic mass is 16.5. The molecule has 1 aromatic rings. The molecule has 0 radical (unpaired) electrons. The van der Waals surface area contributed by atoms with Crippen LogP contribution >= 0.6 is 0 Å². The number of nitrogens with zero attached hydrogens (tertiary/aromatic N) is 2. The molecule has 0 aliphatic carbocycles. The van der Waals surface area contributed by atoms with Gasteiger partial charge in [-0.25, -0.2) is 0 Å². The summed E-state index contributed by atoms with van der Waals surface area (Å²) in [6.07, 6.45) is 3.31. The molecular weight excluding hydrogens is 206 g/mol. The second kappa shape index (κ2) is 5.41. The average molecular weight is 225 g/mol. The minimum atomic E-state index is 0.339. The fraction of sp³-hybridized carbons (Fsp3) is 0.818. The van der Waals surface area contributed by atoms with Gasteiger partial charge in [-0.2, -0.15) is 4.98 Å². The van der Waals surface area contributed by atoms with Crippen molar-refractivity contribution < 1.29 is 9.26 Å². The van der Waals surface area contributed by atoms with E-state index in [0.29, 0.717) is 18.0 Å². The summed E-state index contributed by atoms with van der Waals surface area (Å²) in [7, 11) is 0. The zero-order valence-corrected chi connectivity index (χ0v) is 9.90. The van der Waals surface area contributed by atoms with Crippen LogP contribution in [-0.4, -0.2) is 35.4 Å². The minimum Gasteiger partial charge on any atom is -0.377 e. The van der Waals surface area contributed by atoms with E-state index < -0.39 is 0 Å². The third-order valence-electron chi connectivity index (χ3n) is 2.92. The molecule has 0 aromatic carbocycles. The highest BCUT2D eigenvalue weighted by molar-refractivity contribution is 4.83. The molecule has 2 heterocycles. The molecule has 1 aliphatic rings. The fourth-order valence-electron chi connectivity index (χ4n) is 1.97. The van der Waals surface area contributed by atoms with Crippen LogP contribution in [0.15, 0.2) is 4.52 Å². The van der Waals surface area contributed by atoms with Crippen LogP contribution in [0, 0.1) is 6.92 Å². The van der Waals surface area contributed by atoms with E-state index in [1.54, 1.807) is 0 Å². The summed E-state index contributed by atoms with van der Waals surface area (Å²) in [6, 6.07) is 0.504. The highest BCUT2D eigenvalue weighted by Crippen LogP contribution is 2.12. The largest absolute Gasteiger partial charge is 0.377 e. The third-order valence-corrected chi connectivity index (χ3v) is 2.92. The van der Waals surface area contributed by atoms with E-state index in [-0.39, 0.29) is 0 Å². The third kappa shape index (κ3) is 3.02. The van der Waals surface area contributed by atoms with E-state index in [4.69, 9.17) is 9.26 Å². The summed E-state index contributed by atoms with van der Waals surface area (Å²) in [5.74, 6) is 1.44. The number of aromatic nitrogens is 2. The lowest BCUT2D eigenvalue weighted by atomic mass is 10.1. The topological polar surface area (TPSA) is 60.2 Å². The van der Waals surface area contributed by atoms with Gasteiger partial charge in [-0.1, -0.05) is 5.16 Å². The van der Waals surface area contributed by atoms with E-state index in [0.717, 1.165) is 38.3 Å². The maximum Gasteiger partial charge on any atom is 0.226 e. The summed E-state index contributed by atoms with van der Waals surface area (Å²) in [5.41, 5.74) is 0. The smallest absolute Gasteiger partial charge is 0.226 e. The van der Waals surface area contributed by atoms with Gasteiger partial charge in [-0.05, 0) is 33.2 Å². The lowest BCUT2D eigenvalue weighted by Crippen LogP contribution is -2.35. The molecule has 90 valence electrons. The Balaban J connectivity index is 1.61. The van der Waals surface area contributed by atoms with Gasteiger partial charge in [0.1, 0.15) is 0 Å². The van der Waals surface area contributed by atoms with Crippen molar-refractivity contribution in [2.24, 2.45) is 0 Å². The quantitative estimate of drug-likeness (QED) is 0.760. The Labute approximate surface area is 95.6 Å². The second-order valence-electron chi connectivity index (χ2n) is 4.26. The van der Waals surface area contributed by atoms with Gasteiger partial charge in [0.15, 0.2) is 5.82 Å². The normalized spacial score (nSPS) is 25.1. The number of rotatable bonds is 5. The van der Waals surface area contributed by atoms with Gasteiger partial charge in [-0.15, -0.1) is 0 Å². The molecule has 0 spiro atoms. The zero-order chi connectivity index (χ0) is 11.4. The lowest BCUT2D eigenvalue weighted by Gasteiger charge is -2.15. The predicted octanol–water partition coefficient (Wildman–Crippen LogP) is 1.08. The van der Waals surface area contributed by atoms with Crippen molar-refractivity contribution in [3.05, 3.63) is 11.7 Å². The van der Waals surface area contributed by atoms with E-state index in [1.165, 1.54) is 0 Å². The molecule has 1 saturated heterocycles. The predicted molar refractivity (Wildman–Crippen MR) is 59.2 cm³/mol. The van der Waals surface area contributed by atoms with Gasteiger partial charge < -0.3 is 14.6 Å². The molecule has 0 saturated carbocycles. The molecule has 1 fully saturated rings. The SMILES string of the molecule is Cc1noc(CCCNC2CCOC2C)n1. The van der Waals surface area contributed by atoms with Crippen LogP contribution < -0.4 is 5.32 Å².